The molecule has 6 heteroatoms. The molecule has 1 aliphatic heterocycles. The van der Waals surface area contributed by atoms with E-state index in [1.54, 1.807) is 12.1 Å². The van der Waals surface area contributed by atoms with Crippen LogP contribution in [0.1, 0.15) is 0 Å². The molecule has 5 rings (SSSR count). The van der Waals surface area contributed by atoms with Crippen LogP contribution in [0.4, 0.5) is 42.9 Å². The average Bonchev–Trinajstić information content (AvgIpc) is 2.73. The van der Waals surface area contributed by atoms with Crippen LogP contribution in [0.2, 0.25) is 0 Å². The van der Waals surface area contributed by atoms with Crippen molar-refractivity contribution in [2.45, 2.75) is 0 Å². The molecule has 30 heavy (non-hydrogen) atoms. The Labute approximate surface area is 189 Å². The number of hydrogen-bond acceptors (Lipinski definition) is 2. The maximum Gasteiger partial charge on any atom is 0.124 e. The van der Waals surface area contributed by atoms with Crippen molar-refractivity contribution in [2.24, 2.45) is 0 Å². The summed E-state index contributed by atoms with van der Waals surface area (Å²) in [5.74, 6) is -0.609. The first kappa shape index (κ1) is 19.3. The maximum atomic E-state index is 13.8. The van der Waals surface area contributed by atoms with Gasteiger partial charge in [0.1, 0.15) is 11.6 Å². The summed E-state index contributed by atoms with van der Waals surface area (Å²) in [6.07, 6.45) is 0. The van der Waals surface area contributed by atoms with Crippen LogP contribution < -0.4 is 9.80 Å². The topological polar surface area (TPSA) is 6.48 Å². The number of nitrogens with zero attached hydrogens (tertiary/aromatic N) is 2. The van der Waals surface area contributed by atoms with Crippen molar-refractivity contribution in [3.8, 4) is 0 Å². The quantitative estimate of drug-likeness (QED) is 0.226. The molecule has 0 bridgehead atoms. The van der Waals surface area contributed by atoms with Crippen LogP contribution in [0, 0.1) is 11.6 Å². The predicted molar refractivity (Wildman–Crippen MR) is 125 cm³/mol. The van der Waals surface area contributed by atoms with Crippen molar-refractivity contribution in [3.05, 3.63) is 106 Å². The molecule has 1 aliphatic rings. The standard InChI is InChI=1S/C24H14Br2F2N2/c25-17-13-15(27)9-11-19(17)29-21-5-1-2-6-22(21)30(24-8-4-3-7-23(24)29)20-12-10-16(28)14-18(20)26/h1-14H. The molecule has 0 N–H and O–H groups in total. The zero-order chi connectivity index (χ0) is 20.8. The van der Waals surface area contributed by atoms with Gasteiger partial charge in [0.25, 0.3) is 0 Å². The Hall–Kier alpha value is -2.70. The van der Waals surface area contributed by atoms with E-state index in [0.29, 0.717) is 8.95 Å². The lowest BCUT2D eigenvalue weighted by molar-refractivity contribution is 0.626. The van der Waals surface area contributed by atoms with Gasteiger partial charge in [-0.15, -0.1) is 0 Å². The molecular formula is C24H14Br2F2N2. The Kier molecular flexibility index (Phi) is 4.83. The SMILES string of the molecule is Fc1ccc(N2c3ccccc3N(c3ccc(F)cc3Br)c3ccccc32)c(Br)c1. The van der Waals surface area contributed by atoms with E-state index >= 15 is 0 Å². The summed E-state index contributed by atoms with van der Waals surface area (Å²) in [5, 5.41) is 0. The summed E-state index contributed by atoms with van der Waals surface area (Å²) in [6, 6.07) is 25.3. The number of hydrogen-bond donors (Lipinski definition) is 0. The number of para-hydroxylation sites is 4. The van der Waals surface area contributed by atoms with Gasteiger partial charge < -0.3 is 9.80 Å². The minimum Gasteiger partial charge on any atom is -0.305 e. The van der Waals surface area contributed by atoms with Gasteiger partial charge in [-0.2, -0.15) is 0 Å². The third-order valence-corrected chi connectivity index (χ3v) is 6.30. The highest BCUT2D eigenvalue weighted by Crippen LogP contribution is 2.55. The van der Waals surface area contributed by atoms with Gasteiger partial charge in [0.15, 0.2) is 0 Å². The molecule has 0 aromatic heterocycles. The van der Waals surface area contributed by atoms with E-state index < -0.39 is 0 Å². The predicted octanol–water partition coefficient (Wildman–Crippen LogP) is 8.74. The summed E-state index contributed by atoms with van der Waals surface area (Å²) in [4.78, 5) is 4.20. The van der Waals surface area contributed by atoms with E-state index in [0.717, 1.165) is 34.1 Å². The zero-order valence-electron chi connectivity index (χ0n) is 15.5. The summed E-state index contributed by atoms with van der Waals surface area (Å²) < 4.78 is 28.9. The molecule has 0 aliphatic carbocycles. The Morgan fingerprint density at radius 2 is 0.800 bits per heavy atom. The van der Waals surface area contributed by atoms with Crippen LogP contribution in [-0.4, -0.2) is 0 Å². The normalized spacial score (nSPS) is 12.5. The molecule has 0 fully saturated rings. The summed E-state index contributed by atoms with van der Waals surface area (Å²) in [6.45, 7) is 0. The molecule has 0 saturated carbocycles. The van der Waals surface area contributed by atoms with Gasteiger partial charge in [0.05, 0.1) is 34.1 Å². The monoisotopic (exact) mass is 526 g/mol. The van der Waals surface area contributed by atoms with Gasteiger partial charge in [-0.05, 0) is 92.5 Å². The fourth-order valence-corrected chi connectivity index (χ4v) is 4.84. The van der Waals surface area contributed by atoms with E-state index in [1.807, 2.05) is 48.5 Å². The van der Waals surface area contributed by atoms with Crippen LogP contribution in [-0.2, 0) is 0 Å². The summed E-state index contributed by atoms with van der Waals surface area (Å²) >= 11 is 7.04. The lowest BCUT2D eigenvalue weighted by Gasteiger charge is -2.40. The summed E-state index contributed by atoms with van der Waals surface area (Å²) in [5.41, 5.74) is 5.38. The van der Waals surface area contributed by atoms with Crippen LogP contribution in [0.25, 0.3) is 0 Å². The Morgan fingerprint density at radius 1 is 0.467 bits per heavy atom. The lowest BCUT2D eigenvalue weighted by Crippen LogP contribution is -2.24. The molecule has 2 nitrogen and oxygen atoms in total. The van der Waals surface area contributed by atoms with E-state index in [4.69, 9.17) is 0 Å². The number of fused-ring (bicyclic) bond motifs is 2. The minimum absolute atomic E-state index is 0.305. The third-order valence-electron chi connectivity index (χ3n) is 5.03. The molecule has 0 saturated heterocycles. The molecule has 0 atom stereocenters. The zero-order valence-corrected chi connectivity index (χ0v) is 18.7. The van der Waals surface area contributed by atoms with E-state index in [2.05, 4.69) is 41.7 Å². The molecule has 148 valence electrons. The second-order valence-electron chi connectivity index (χ2n) is 6.84. The first-order chi connectivity index (χ1) is 14.5. The molecule has 1 heterocycles. The van der Waals surface area contributed by atoms with E-state index in [1.165, 1.54) is 24.3 Å². The highest BCUT2D eigenvalue weighted by molar-refractivity contribution is 9.11. The highest BCUT2D eigenvalue weighted by Gasteiger charge is 2.31. The van der Waals surface area contributed by atoms with Crippen molar-refractivity contribution in [1.82, 2.24) is 0 Å². The second kappa shape index (κ2) is 7.52. The van der Waals surface area contributed by atoms with E-state index in [9.17, 15) is 8.78 Å². The number of benzene rings is 4. The third kappa shape index (κ3) is 3.11. The number of anilines is 6. The van der Waals surface area contributed by atoms with Gasteiger partial charge in [-0.1, -0.05) is 24.3 Å². The maximum absolute atomic E-state index is 13.8. The van der Waals surface area contributed by atoms with Gasteiger partial charge in [-0.3, -0.25) is 0 Å². The smallest absolute Gasteiger partial charge is 0.124 e. The van der Waals surface area contributed by atoms with Crippen LogP contribution in [0.5, 0.6) is 0 Å². The minimum atomic E-state index is -0.305. The van der Waals surface area contributed by atoms with Crippen molar-refractivity contribution >= 4 is 66.0 Å². The van der Waals surface area contributed by atoms with Crippen molar-refractivity contribution in [3.63, 3.8) is 0 Å². The fourth-order valence-electron chi connectivity index (χ4n) is 3.79. The van der Waals surface area contributed by atoms with Crippen molar-refractivity contribution < 1.29 is 8.78 Å². The molecule has 0 spiro atoms. The van der Waals surface area contributed by atoms with Crippen molar-refractivity contribution in [2.75, 3.05) is 9.80 Å². The average molecular weight is 528 g/mol. The lowest BCUT2D eigenvalue weighted by atomic mass is 10.0. The number of rotatable bonds is 2. The molecular weight excluding hydrogens is 514 g/mol. The first-order valence-electron chi connectivity index (χ1n) is 9.23. The van der Waals surface area contributed by atoms with Gasteiger partial charge in [0.2, 0.25) is 0 Å². The van der Waals surface area contributed by atoms with Gasteiger partial charge >= 0.3 is 0 Å². The largest absolute Gasteiger partial charge is 0.305 e. The van der Waals surface area contributed by atoms with E-state index in [-0.39, 0.29) is 11.6 Å². The highest BCUT2D eigenvalue weighted by atomic mass is 79.9. The molecule has 4 aromatic carbocycles. The molecule has 0 unspecified atom stereocenters. The number of halogens is 4. The van der Waals surface area contributed by atoms with Crippen LogP contribution in [0.15, 0.2) is 93.9 Å². The molecule has 0 amide bonds. The Balaban J connectivity index is 1.80. The van der Waals surface area contributed by atoms with Crippen LogP contribution >= 0.6 is 31.9 Å². The second-order valence-corrected chi connectivity index (χ2v) is 8.55. The van der Waals surface area contributed by atoms with Crippen molar-refractivity contribution in [1.29, 1.82) is 0 Å². The summed E-state index contributed by atoms with van der Waals surface area (Å²) in [7, 11) is 0. The molecule has 4 aromatic rings. The van der Waals surface area contributed by atoms with Crippen LogP contribution in [0.3, 0.4) is 0 Å². The van der Waals surface area contributed by atoms with Gasteiger partial charge in [0, 0.05) is 8.95 Å². The fraction of sp³-hybridized carbons (Fsp3) is 0. The first-order valence-corrected chi connectivity index (χ1v) is 10.8. The Bertz CT molecular complexity index is 1130. The Morgan fingerprint density at radius 3 is 1.10 bits per heavy atom. The van der Waals surface area contributed by atoms with Gasteiger partial charge in [-0.25, -0.2) is 8.78 Å². The molecule has 0 radical (unpaired) electrons.